The van der Waals surface area contributed by atoms with Crippen LogP contribution in [0.3, 0.4) is 0 Å². The molecule has 26 heavy (non-hydrogen) atoms. The SMILES string of the molecule is CN(CCCNC(=O)c1ccc(-n2cccc2)cc1)Cc1ccccc1. The molecule has 1 aromatic heterocycles. The van der Waals surface area contributed by atoms with Gasteiger partial charge in [0.2, 0.25) is 0 Å². The number of nitrogens with zero attached hydrogens (tertiary/aromatic N) is 2. The molecule has 1 N–H and O–H groups in total. The van der Waals surface area contributed by atoms with Gasteiger partial charge in [0, 0.05) is 36.7 Å². The summed E-state index contributed by atoms with van der Waals surface area (Å²) in [5.74, 6) is -0.0187. The van der Waals surface area contributed by atoms with Crippen molar-refractivity contribution < 1.29 is 4.79 Å². The summed E-state index contributed by atoms with van der Waals surface area (Å²) in [7, 11) is 2.11. The molecule has 0 aliphatic heterocycles. The molecular weight excluding hydrogens is 322 g/mol. The molecule has 3 rings (SSSR count). The van der Waals surface area contributed by atoms with Crippen molar-refractivity contribution in [3.05, 3.63) is 90.3 Å². The van der Waals surface area contributed by atoms with Gasteiger partial charge in [0.15, 0.2) is 0 Å². The summed E-state index contributed by atoms with van der Waals surface area (Å²) in [5.41, 5.74) is 3.05. The Morgan fingerprint density at radius 1 is 0.962 bits per heavy atom. The molecular formula is C22H25N3O. The number of aromatic nitrogens is 1. The molecule has 1 amide bonds. The number of hydrogen-bond acceptors (Lipinski definition) is 2. The van der Waals surface area contributed by atoms with Crippen molar-refractivity contribution >= 4 is 5.91 Å². The van der Waals surface area contributed by atoms with Crippen LogP contribution in [0.25, 0.3) is 5.69 Å². The third-order valence-electron chi connectivity index (χ3n) is 4.33. The van der Waals surface area contributed by atoms with Crippen LogP contribution in [-0.4, -0.2) is 35.5 Å². The number of rotatable bonds is 8. The predicted octanol–water partition coefficient (Wildman–Crippen LogP) is 3.73. The Balaban J connectivity index is 1.40. The van der Waals surface area contributed by atoms with E-state index < -0.39 is 0 Å². The fraction of sp³-hybridized carbons (Fsp3) is 0.227. The molecule has 3 aromatic rings. The molecule has 0 spiro atoms. The molecule has 0 saturated carbocycles. The molecule has 4 heteroatoms. The lowest BCUT2D eigenvalue weighted by Gasteiger charge is -2.16. The first-order chi connectivity index (χ1) is 12.7. The highest BCUT2D eigenvalue weighted by atomic mass is 16.1. The quantitative estimate of drug-likeness (QED) is 0.631. The van der Waals surface area contributed by atoms with E-state index in [1.54, 1.807) is 0 Å². The van der Waals surface area contributed by atoms with E-state index in [2.05, 4.69) is 41.5 Å². The number of amides is 1. The van der Waals surface area contributed by atoms with Crippen molar-refractivity contribution in [3.63, 3.8) is 0 Å². The van der Waals surface area contributed by atoms with Gasteiger partial charge in [-0.1, -0.05) is 30.3 Å². The lowest BCUT2D eigenvalue weighted by Crippen LogP contribution is -2.28. The van der Waals surface area contributed by atoms with Gasteiger partial charge in [0.05, 0.1) is 0 Å². The third kappa shape index (κ3) is 5.07. The van der Waals surface area contributed by atoms with Crippen molar-refractivity contribution in [1.82, 2.24) is 14.8 Å². The lowest BCUT2D eigenvalue weighted by atomic mass is 10.2. The highest BCUT2D eigenvalue weighted by molar-refractivity contribution is 5.94. The summed E-state index contributed by atoms with van der Waals surface area (Å²) >= 11 is 0. The summed E-state index contributed by atoms with van der Waals surface area (Å²) in [6.07, 6.45) is 4.90. The zero-order chi connectivity index (χ0) is 18.2. The van der Waals surface area contributed by atoms with Gasteiger partial charge >= 0.3 is 0 Å². The number of benzene rings is 2. The van der Waals surface area contributed by atoms with Gasteiger partial charge in [-0.15, -0.1) is 0 Å². The van der Waals surface area contributed by atoms with Gasteiger partial charge in [-0.25, -0.2) is 0 Å². The van der Waals surface area contributed by atoms with E-state index in [-0.39, 0.29) is 5.91 Å². The second-order valence-electron chi connectivity index (χ2n) is 6.47. The Bertz CT molecular complexity index is 795. The first-order valence-electron chi connectivity index (χ1n) is 8.96. The molecule has 0 radical (unpaired) electrons. The molecule has 0 aliphatic carbocycles. The maximum Gasteiger partial charge on any atom is 0.251 e. The van der Waals surface area contributed by atoms with Crippen LogP contribution in [0.15, 0.2) is 79.1 Å². The van der Waals surface area contributed by atoms with Gasteiger partial charge in [0.25, 0.3) is 5.91 Å². The van der Waals surface area contributed by atoms with Crippen LogP contribution in [-0.2, 0) is 6.54 Å². The summed E-state index contributed by atoms with van der Waals surface area (Å²) < 4.78 is 2.02. The van der Waals surface area contributed by atoms with Crippen LogP contribution in [0, 0.1) is 0 Å². The molecule has 0 bridgehead atoms. The summed E-state index contributed by atoms with van der Waals surface area (Å²) in [6, 6.07) is 22.0. The standard InChI is InChI=1S/C22H25N3O/c1-24(18-19-8-3-2-4-9-19)15-7-14-23-22(26)20-10-12-21(13-11-20)25-16-5-6-17-25/h2-6,8-13,16-17H,7,14-15,18H2,1H3,(H,23,26). The highest BCUT2D eigenvalue weighted by Gasteiger charge is 2.06. The molecule has 134 valence electrons. The molecule has 0 saturated heterocycles. The van der Waals surface area contributed by atoms with Crippen molar-refractivity contribution in [2.24, 2.45) is 0 Å². The van der Waals surface area contributed by atoms with Gasteiger partial charge < -0.3 is 14.8 Å². The molecule has 0 aliphatic rings. The smallest absolute Gasteiger partial charge is 0.251 e. The Labute approximate surface area is 155 Å². The van der Waals surface area contributed by atoms with Crippen molar-refractivity contribution in [2.75, 3.05) is 20.1 Å². The predicted molar refractivity (Wildman–Crippen MR) is 105 cm³/mol. The Kier molecular flexibility index (Phi) is 6.23. The fourth-order valence-electron chi connectivity index (χ4n) is 2.92. The van der Waals surface area contributed by atoms with Crippen LogP contribution in [0.2, 0.25) is 0 Å². The normalized spacial score (nSPS) is 10.8. The Morgan fingerprint density at radius 2 is 1.65 bits per heavy atom. The summed E-state index contributed by atoms with van der Waals surface area (Å²) in [6.45, 7) is 2.55. The van der Waals surface area contributed by atoms with Gasteiger partial charge in [0.1, 0.15) is 0 Å². The second kappa shape index (κ2) is 9.02. The number of hydrogen-bond donors (Lipinski definition) is 1. The highest BCUT2D eigenvalue weighted by Crippen LogP contribution is 2.10. The number of carbonyl (C=O) groups excluding carboxylic acids is 1. The first-order valence-corrected chi connectivity index (χ1v) is 8.96. The zero-order valence-corrected chi connectivity index (χ0v) is 15.1. The van der Waals surface area contributed by atoms with E-state index in [4.69, 9.17) is 0 Å². The van der Waals surface area contributed by atoms with E-state index in [1.807, 2.05) is 59.4 Å². The van der Waals surface area contributed by atoms with Crippen molar-refractivity contribution in [2.45, 2.75) is 13.0 Å². The van der Waals surface area contributed by atoms with Gasteiger partial charge in [-0.2, -0.15) is 0 Å². The van der Waals surface area contributed by atoms with Gasteiger partial charge in [-0.05, 0) is 62.0 Å². The van der Waals surface area contributed by atoms with E-state index in [9.17, 15) is 4.79 Å². The maximum absolute atomic E-state index is 12.2. The maximum atomic E-state index is 12.2. The molecule has 0 atom stereocenters. The van der Waals surface area contributed by atoms with E-state index >= 15 is 0 Å². The van der Waals surface area contributed by atoms with Crippen LogP contribution in [0.1, 0.15) is 22.3 Å². The van der Waals surface area contributed by atoms with Crippen LogP contribution >= 0.6 is 0 Å². The van der Waals surface area contributed by atoms with Crippen molar-refractivity contribution in [3.8, 4) is 5.69 Å². The second-order valence-corrected chi connectivity index (χ2v) is 6.47. The monoisotopic (exact) mass is 347 g/mol. The van der Waals surface area contributed by atoms with E-state index in [0.29, 0.717) is 12.1 Å². The molecule has 1 heterocycles. The Morgan fingerprint density at radius 3 is 2.35 bits per heavy atom. The number of nitrogens with one attached hydrogen (secondary N) is 1. The minimum absolute atomic E-state index is 0.0187. The van der Waals surface area contributed by atoms with E-state index in [1.165, 1.54) is 5.56 Å². The fourth-order valence-corrected chi connectivity index (χ4v) is 2.92. The molecule has 0 fully saturated rings. The molecule has 4 nitrogen and oxygen atoms in total. The largest absolute Gasteiger partial charge is 0.352 e. The minimum atomic E-state index is -0.0187. The third-order valence-corrected chi connectivity index (χ3v) is 4.33. The lowest BCUT2D eigenvalue weighted by molar-refractivity contribution is 0.0952. The zero-order valence-electron chi connectivity index (χ0n) is 15.1. The first kappa shape index (κ1) is 18.0. The van der Waals surface area contributed by atoms with Gasteiger partial charge in [-0.3, -0.25) is 4.79 Å². The van der Waals surface area contributed by atoms with Crippen LogP contribution in [0.5, 0.6) is 0 Å². The van der Waals surface area contributed by atoms with Crippen LogP contribution < -0.4 is 5.32 Å². The Hall–Kier alpha value is -2.85. The number of carbonyl (C=O) groups is 1. The topological polar surface area (TPSA) is 37.3 Å². The molecule has 2 aromatic carbocycles. The van der Waals surface area contributed by atoms with Crippen molar-refractivity contribution in [1.29, 1.82) is 0 Å². The minimum Gasteiger partial charge on any atom is -0.352 e. The summed E-state index contributed by atoms with van der Waals surface area (Å²) in [4.78, 5) is 14.5. The average Bonchev–Trinajstić information content (AvgIpc) is 3.21. The summed E-state index contributed by atoms with van der Waals surface area (Å²) in [5, 5.41) is 3.00. The molecule has 0 unspecified atom stereocenters. The van der Waals surface area contributed by atoms with E-state index in [0.717, 1.165) is 25.2 Å². The average molecular weight is 347 g/mol. The van der Waals surface area contributed by atoms with Crippen LogP contribution in [0.4, 0.5) is 0 Å².